The number of nitrogens with two attached hydrogens (primary N) is 1. The molecular formula is C24H26N4O4. The van der Waals surface area contributed by atoms with Crippen molar-refractivity contribution < 1.29 is 19.1 Å². The summed E-state index contributed by atoms with van der Waals surface area (Å²) in [6, 6.07) is 12.9. The van der Waals surface area contributed by atoms with E-state index in [1.165, 1.54) is 20.4 Å². The van der Waals surface area contributed by atoms with E-state index in [4.69, 9.17) is 15.2 Å². The maximum Gasteiger partial charge on any atom is 0.257 e. The van der Waals surface area contributed by atoms with Gasteiger partial charge in [0.15, 0.2) is 17.3 Å². The summed E-state index contributed by atoms with van der Waals surface area (Å²) >= 11 is 0. The number of hydrogen-bond donors (Lipinski definition) is 1. The smallest absolute Gasteiger partial charge is 0.257 e. The second-order valence-corrected chi connectivity index (χ2v) is 7.83. The number of nitrogen functional groups attached to an aromatic ring is 1. The number of para-hydroxylation sites is 1. The normalized spacial score (nSPS) is 15.6. The number of aromatic nitrogens is 2. The van der Waals surface area contributed by atoms with E-state index in [-0.39, 0.29) is 17.6 Å². The molecular weight excluding hydrogens is 408 g/mol. The molecule has 1 unspecified atom stereocenters. The number of aryl methyl sites for hydroxylation is 1. The predicted molar refractivity (Wildman–Crippen MR) is 121 cm³/mol. The zero-order valence-electron chi connectivity index (χ0n) is 18.4. The van der Waals surface area contributed by atoms with Gasteiger partial charge in [-0.3, -0.25) is 9.59 Å². The fourth-order valence-electron chi connectivity index (χ4n) is 4.04. The van der Waals surface area contributed by atoms with Crippen molar-refractivity contribution in [3.63, 3.8) is 0 Å². The minimum atomic E-state index is -0.339. The van der Waals surface area contributed by atoms with Crippen LogP contribution < -0.4 is 15.2 Å². The number of hydrogen-bond acceptors (Lipinski definition) is 6. The molecule has 1 amide bonds. The molecule has 3 aromatic rings. The van der Waals surface area contributed by atoms with Gasteiger partial charge in [-0.05, 0) is 37.6 Å². The Bertz CT molecular complexity index is 1150. The summed E-state index contributed by atoms with van der Waals surface area (Å²) in [4.78, 5) is 28.0. The fraction of sp³-hybridized carbons (Fsp3) is 0.292. The zero-order valence-corrected chi connectivity index (χ0v) is 18.4. The van der Waals surface area contributed by atoms with Crippen LogP contribution in [0, 0.1) is 12.8 Å². The van der Waals surface area contributed by atoms with E-state index < -0.39 is 0 Å². The number of ether oxygens (including phenoxy) is 2. The van der Waals surface area contributed by atoms with Gasteiger partial charge in [-0.1, -0.05) is 23.8 Å². The van der Waals surface area contributed by atoms with Crippen molar-refractivity contribution in [1.82, 2.24) is 14.7 Å². The first-order chi connectivity index (χ1) is 15.4. The number of carbonyl (C=O) groups is 2. The molecule has 0 bridgehead atoms. The number of amides is 1. The molecule has 1 fully saturated rings. The minimum Gasteiger partial charge on any atom is -0.493 e. The number of Topliss-reactive ketones (excluding diaryl/α,β-unsaturated/α-hetero) is 1. The third-order valence-corrected chi connectivity index (χ3v) is 5.83. The Kier molecular flexibility index (Phi) is 5.85. The quantitative estimate of drug-likeness (QED) is 0.599. The van der Waals surface area contributed by atoms with E-state index in [9.17, 15) is 9.59 Å². The molecule has 0 aliphatic carbocycles. The molecule has 1 aliphatic rings. The first-order valence-corrected chi connectivity index (χ1v) is 10.4. The predicted octanol–water partition coefficient (Wildman–Crippen LogP) is 3.13. The fourth-order valence-corrected chi connectivity index (χ4v) is 4.04. The Morgan fingerprint density at radius 3 is 2.50 bits per heavy atom. The van der Waals surface area contributed by atoms with E-state index in [1.807, 2.05) is 31.2 Å². The first-order valence-electron chi connectivity index (χ1n) is 10.4. The second kappa shape index (κ2) is 8.74. The van der Waals surface area contributed by atoms with E-state index >= 15 is 0 Å². The van der Waals surface area contributed by atoms with Crippen LogP contribution in [-0.2, 0) is 0 Å². The minimum absolute atomic E-state index is 0.103. The molecule has 1 aromatic heterocycles. The summed E-state index contributed by atoms with van der Waals surface area (Å²) in [5, 5.41) is 4.31. The number of likely N-dealkylation sites (tertiary alicyclic amines) is 1. The van der Waals surface area contributed by atoms with Gasteiger partial charge in [0.05, 0.1) is 37.2 Å². The van der Waals surface area contributed by atoms with Crippen molar-refractivity contribution in [3.8, 4) is 17.2 Å². The average molecular weight is 434 g/mol. The Morgan fingerprint density at radius 2 is 1.81 bits per heavy atom. The molecule has 166 valence electrons. The highest BCUT2D eigenvalue weighted by Crippen LogP contribution is 2.33. The standard InChI is InChI=1S/C24H26N4O4/c1-15-7-9-17(10-8-15)28-23(25)19(13-26-28)21(29)16-11-12-27(14-16)24(30)18-5-4-6-20(31-2)22(18)32-3/h4-10,13,16H,11-12,14,25H2,1-3H3. The largest absolute Gasteiger partial charge is 0.493 e. The molecule has 0 saturated carbocycles. The Morgan fingerprint density at radius 1 is 1.06 bits per heavy atom. The molecule has 4 rings (SSSR count). The lowest BCUT2D eigenvalue weighted by atomic mass is 9.98. The molecule has 8 heteroatoms. The molecule has 2 aromatic carbocycles. The van der Waals surface area contributed by atoms with Crippen molar-refractivity contribution in [3.05, 3.63) is 65.4 Å². The average Bonchev–Trinajstić information content (AvgIpc) is 3.45. The highest BCUT2D eigenvalue weighted by Gasteiger charge is 2.34. The van der Waals surface area contributed by atoms with Gasteiger partial charge in [-0.2, -0.15) is 5.10 Å². The molecule has 0 radical (unpaired) electrons. The molecule has 1 saturated heterocycles. The first kappa shape index (κ1) is 21.4. The van der Waals surface area contributed by atoms with Gasteiger partial charge in [-0.25, -0.2) is 4.68 Å². The third kappa shape index (κ3) is 3.79. The van der Waals surface area contributed by atoms with Gasteiger partial charge >= 0.3 is 0 Å². The number of nitrogens with zero attached hydrogens (tertiary/aromatic N) is 3. The van der Waals surface area contributed by atoms with Crippen LogP contribution in [0.25, 0.3) is 5.69 Å². The summed E-state index contributed by atoms with van der Waals surface area (Å²) in [6.45, 7) is 2.79. The van der Waals surface area contributed by atoms with Crippen molar-refractivity contribution in [2.75, 3.05) is 33.0 Å². The molecule has 2 N–H and O–H groups in total. The summed E-state index contributed by atoms with van der Waals surface area (Å²) in [7, 11) is 3.03. The maximum absolute atomic E-state index is 13.2. The van der Waals surface area contributed by atoms with Crippen LogP contribution in [0.2, 0.25) is 0 Å². The SMILES string of the molecule is COc1cccc(C(=O)N2CCC(C(=O)c3cnn(-c4ccc(C)cc4)c3N)C2)c1OC. The third-order valence-electron chi connectivity index (χ3n) is 5.83. The number of ketones is 1. The van der Waals surface area contributed by atoms with Crippen LogP contribution in [-0.4, -0.2) is 53.7 Å². The molecule has 0 spiro atoms. The van der Waals surface area contributed by atoms with Crippen LogP contribution in [0.1, 0.15) is 32.7 Å². The number of anilines is 1. The molecule has 8 nitrogen and oxygen atoms in total. The Hall–Kier alpha value is -3.81. The van der Waals surface area contributed by atoms with Crippen LogP contribution in [0.5, 0.6) is 11.5 Å². The Labute approximate surface area is 186 Å². The van der Waals surface area contributed by atoms with Crippen LogP contribution in [0.4, 0.5) is 5.82 Å². The van der Waals surface area contributed by atoms with E-state index in [1.54, 1.807) is 27.8 Å². The second-order valence-electron chi connectivity index (χ2n) is 7.83. The summed E-state index contributed by atoms with van der Waals surface area (Å²) in [6.07, 6.45) is 2.07. The van der Waals surface area contributed by atoms with Gasteiger partial charge in [0.25, 0.3) is 5.91 Å². The van der Waals surface area contributed by atoms with Crippen molar-refractivity contribution in [2.45, 2.75) is 13.3 Å². The van der Waals surface area contributed by atoms with E-state index in [0.29, 0.717) is 48.0 Å². The number of rotatable bonds is 6. The van der Waals surface area contributed by atoms with Gasteiger partial charge < -0.3 is 20.1 Å². The van der Waals surface area contributed by atoms with Crippen LogP contribution >= 0.6 is 0 Å². The van der Waals surface area contributed by atoms with Crippen molar-refractivity contribution in [2.24, 2.45) is 5.92 Å². The van der Waals surface area contributed by atoms with Gasteiger partial charge in [0.2, 0.25) is 0 Å². The summed E-state index contributed by atoms with van der Waals surface area (Å²) in [5.41, 5.74) is 8.97. The lowest BCUT2D eigenvalue weighted by molar-refractivity contribution is 0.0776. The summed E-state index contributed by atoms with van der Waals surface area (Å²) < 4.78 is 12.2. The molecule has 1 aliphatic heterocycles. The Balaban J connectivity index is 1.51. The maximum atomic E-state index is 13.2. The van der Waals surface area contributed by atoms with E-state index in [2.05, 4.69) is 5.10 Å². The number of methoxy groups -OCH3 is 2. The van der Waals surface area contributed by atoms with Gasteiger partial charge in [0, 0.05) is 19.0 Å². The van der Waals surface area contributed by atoms with E-state index in [0.717, 1.165) is 11.3 Å². The number of carbonyl (C=O) groups excluding carboxylic acids is 2. The summed E-state index contributed by atoms with van der Waals surface area (Å²) in [5.74, 6) is 0.541. The van der Waals surface area contributed by atoms with Crippen LogP contribution in [0.3, 0.4) is 0 Å². The number of benzene rings is 2. The zero-order chi connectivity index (χ0) is 22.8. The molecule has 1 atom stereocenters. The van der Waals surface area contributed by atoms with Gasteiger partial charge in [0.1, 0.15) is 5.82 Å². The molecule has 32 heavy (non-hydrogen) atoms. The topological polar surface area (TPSA) is 99.7 Å². The van der Waals surface area contributed by atoms with Gasteiger partial charge in [-0.15, -0.1) is 0 Å². The van der Waals surface area contributed by atoms with Crippen molar-refractivity contribution >= 4 is 17.5 Å². The lowest BCUT2D eigenvalue weighted by Crippen LogP contribution is -2.30. The highest BCUT2D eigenvalue weighted by molar-refractivity contribution is 6.03. The lowest BCUT2D eigenvalue weighted by Gasteiger charge is -2.19. The molecule has 2 heterocycles. The highest BCUT2D eigenvalue weighted by atomic mass is 16.5. The van der Waals surface area contributed by atoms with Crippen LogP contribution in [0.15, 0.2) is 48.7 Å². The monoisotopic (exact) mass is 434 g/mol. The van der Waals surface area contributed by atoms with Crippen molar-refractivity contribution in [1.29, 1.82) is 0 Å².